The normalized spacial score (nSPS) is 26.9. The Morgan fingerprint density at radius 1 is 1.47 bits per heavy atom. The van der Waals surface area contributed by atoms with Gasteiger partial charge in [0.25, 0.3) is 0 Å². The topological polar surface area (TPSA) is 40.5 Å². The van der Waals surface area contributed by atoms with Crippen molar-refractivity contribution in [2.75, 3.05) is 6.54 Å². The van der Waals surface area contributed by atoms with Crippen LogP contribution in [0.4, 0.5) is 0 Å². The minimum absolute atomic E-state index is 0.122. The van der Waals surface area contributed by atoms with Crippen molar-refractivity contribution in [3.05, 3.63) is 0 Å². The Morgan fingerprint density at radius 3 is 2.33 bits per heavy atom. The van der Waals surface area contributed by atoms with Crippen LogP contribution in [0.2, 0.25) is 0 Å². The summed E-state index contributed by atoms with van der Waals surface area (Å²) in [5.41, 5.74) is 0.245. The van der Waals surface area contributed by atoms with E-state index in [4.69, 9.17) is 5.11 Å². The van der Waals surface area contributed by atoms with E-state index in [0.717, 1.165) is 13.0 Å². The number of hydrogen-bond donors (Lipinski definition) is 1. The van der Waals surface area contributed by atoms with Crippen molar-refractivity contribution >= 4 is 5.97 Å². The highest BCUT2D eigenvalue weighted by atomic mass is 16.4. The molecule has 3 nitrogen and oxygen atoms in total. The SMILES string of the molecule is CC(C)(C)N1CC(CC(=O)O)CC1(C)C. The van der Waals surface area contributed by atoms with Gasteiger partial charge in [-0.3, -0.25) is 9.69 Å². The number of carboxylic acid groups (broad SMARTS) is 1. The van der Waals surface area contributed by atoms with Crippen molar-refractivity contribution < 1.29 is 9.90 Å². The number of carbonyl (C=O) groups is 1. The van der Waals surface area contributed by atoms with Gasteiger partial charge in [-0.1, -0.05) is 0 Å². The van der Waals surface area contributed by atoms with Crippen molar-refractivity contribution in [3.63, 3.8) is 0 Å². The van der Waals surface area contributed by atoms with E-state index in [1.165, 1.54) is 0 Å². The molecular weight excluding hydrogens is 190 g/mol. The van der Waals surface area contributed by atoms with Gasteiger partial charge in [-0.25, -0.2) is 0 Å². The van der Waals surface area contributed by atoms with Crippen molar-refractivity contribution in [1.82, 2.24) is 4.90 Å². The Labute approximate surface area is 92.5 Å². The minimum atomic E-state index is -0.674. The molecule has 0 aromatic rings. The summed E-state index contributed by atoms with van der Waals surface area (Å²) >= 11 is 0. The molecule has 1 saturated heterocycles. The molecule has 1 fully saturated rings. The molecule has 0 aliphatic carbocycles. The second-order valence-electron chi connectivity index (χ2n) is 6.26. The Hall–Kier alpha value is -0.570. The van der Waals surface area contributed by atoms with Gasteiger partial charge in [-0.05, 0) is 47.0 Å². The fraction of sp³-hybridized carbons (Fsp3) is 0.917. The molecule has 0 aromatic heterocycles. The van der Waals surface area contributed by atoms with Gasteiger partial charge >= 0.3 is 5.97 Å². The second-order valence-corrected chi connectivity index (χ2v) is 6.26. The lowest BCUT2D eigenvalue weighted by atomic mass is 9.93. The fourth-order valence-corrected chi connectivity index (χ4v) is 2.95. The Morgan fingerprint density at radius 2 is 2.00 bits per heavy atom. The molecule has 0 amide bonds. The van der Waals surface area contributed by atoms with Crippen LogP contribution in [0.15, 0.2) is 0 Å². The smallest absolute Gasteiger partial charge is 0.303 e. The van der Waals surface area contributed by atoms with Crippen LogP contribution in [-0.4, -0.2) is 33.6 Å². The monoisotopic (exact) mass is 213 g/mol. The van der Waals surface area contributed by atoms with E-state index in [1.54, 1.807) is 0 Å². The lowest BCUT2D eigenvalue weighted by Gasteiger charge is -2.42. The molecule has 1 atom stereocenters. The van der Waals surface area contributed by atoms with Gasteiger partial charge in [0, 0.05) is 24.0 Å². The summed E-state index contributed by atoms with van der Waals surface area (Å²) in [5, 5.41) is 8.81. The van der Waals surface area contributed by atoms with E-state index in [9.17, 15) is 4.79 Å². The zero-order valence-electron chi connectivity index (χ0n) is 10.5. The third kappa shape index (κ3) is 2.94. The van der Waals surface area contributed by atoms with Crippen LogP contribution >= 0.6 is 0 Å². The summed E-state index contributed by atoms with van der Waals surface area (Å²) in [6.45, 7) is 11.9. The molecule has 88 valence electrons. The van der Waals surface area contributed by atoms with Crippen LogP contribution in [-0.2, 0) is 4.79 Å². The predicted octanol–water partition coefficient (Wildman–Crippen LogP) is 2.36. The highest BCUT2D eigenvalue weighted by Gasteiger charge is 2.43. The third-order valence-corrected chi connectivity index (χ3v) is 3.23. The van der Waals surface area contributed by atoms with Crippen LogP contribution in [0.1, 0.15) is 47.5 Å². The van der Waals surface area contributed by atoms with Gasteiger partial charge in [-0.2, -0.15) is 0 Å². The zero-order chi connectivity index (χ0) is 11.9. The number of nitrogens with zero attached hydrogens (tertiary/aromatic N) is 1. The molecular formula is C12H23NO2. The van der Waals surface area contributed by atoms with Crippen LogP contribution in [0, 0.1) is 5.92 Å². The first-order valence-corrected chi connectivity index (χ1v) is 5.62. The van der Waals surface area contributed by atoms with Crippen molar-refractivity contribution in [3.8, 4) is 0 Å². The minimum Gasteiger partial charge on any atom is -0.481 e. The molecule has 1 N–H and O–H groups in total. The van der Waals surface area contributed by atoms with Crippen molar-refractivity contribution in [2.24, 2.45) is 5.92 Å². The molecule has 0 radical (unpaired) electrons. The van der Waals surface area contributed by atoms with Crippen molar-refractivity contribution in [2.45, 2.75) is 58.5 Å². The zero-order valence-corrected chi connectivity index (χ0v) is 10.5. The molecule has 1 heterocycles. The summed E-state index contributed by atoms with van der Waals surface area (Å²) in [6, 6.07) is 0. The molecule has 1 rings (SSSR count). The van der Waals surface area contributed by atoms with E-state index in [2.05, 4.69) is 39.5 Å². The van der Waals surface area contributed by atoms with Gasteiger partial charge < -0.3 is 5.11 Å². The Balaban J connectivity index is 2.73. The van der Waals surface area contributed by atoms with Gasteiger partial charge in [0.05, 0.1) is 0 Å². The van der Waals surface area contributed by atoms with E-state index in [-0.39, 0.29) is 11.1 Å². The van der Waals surface area contributed by atoms with Crippen LogP contribution in [0.5, 0.6) is 0 Å². The summed E-state index contributed by atoms with van der Waals surface area (Å²) < 4.78 is 0. The summed E-state index contributed by atoms with van der Waals surface area (Å²) in [4.78, 5) is 13.1. The van der Waals surface area contributed by atoms with Gasteiger partial charge in [0.15, 0.2) is 0 Å². The number of carboxylic acids is 1. The third-order valence-electron chi connectivity index (χ3n) is 3.23. The summed E-state index contributed by atoms with van der Waals surface area (Å²) in [7, 11) is 0. The number of aliphatic carboxylic acids is 1. The lowest BCUT2D eigenvalue weighted by molar-refractivity contribution is -0.138. The average molecular weight is 213 g/mol. The van der Waals surface area contributed by atoms with E-state index >= 15 is 0 Å². The standard InChI is InChI=1S/C12H23NO2/c1-11(2,3)13-8-9(6-10(14)15)7-12(13,4)5/h9H,6-8H2,1-5H3,(H,14,15). The van der Waals surface area contributed by atoms with Crippen LogP contribution in [0.3, 0.4) is 0 Å². The highest BCUT2D eigenvalue weighted by Crippen LogP contribution is 2.38. The number of rotatable bonds is 2. The maximum Gasteiger partial charge on any atom is 0.303 e. The molecule has 0 bridgehead atoms. The quantitative estimate of drug-likeness (QED) is 0.765. The predicted molar refractivity (Wildman–Crippen MR) is 60.9 cm³/mol. The second kappa shape index (κ2) is 3.78. The molecule has 3 heteroatoms. The summed E-state index contributed by atoms with van der Waals surface area (Å²) in [6.07, 6.45) is 1.28. The van der Waals surface area contributed by atoms with E-state index in [1.807, 2.05) is 0 Å². The Bertz CT molecular complexity index is 253. The average Bonchev–Trinajstić information content (AvgIpc) is 2.22. The number of hydrogen-bond acceptors (Lipinski definition) is 2. The van der Waals surface area contributed by atoms with Crippen LogP contribution in [0.25, 0.3) is 0 Å². The molecule has 0 aromatic carbocycles. The Kier molecular flexibility index (Phi) is 3.15. The van der Waals surface area contributed by atoms with Crippen LogP contribution < -0.4 is 0 Å². The lowest BCUT2D eigenvalue weighted by Crippen LogP contribution is -2.50. The van der Waals surface area contributed by atoms with Crippen molar-refractivity contribution in [1.29, 1.82) is 0 Å². The molecule has 0 spiro atoms. The van der Waals surface area contributed by atoms with Gasteiger partial charge in [0.2, 0.25) is 0 Å². The molecule has 0 saturated carbocycles. The summed E-state index contributed by atoms with van der Waals surface area (Å²) in [5.74, 6) is -0.372. The first kappa shape index (κ1) is 12.5. The highest BCUT2D eigenvalue weighted by molar-refractivity contribution is 5.67. The van der Waals surface area contributed by atoms with E-state index < -0.39 is 5.97 Å². The van der Waals surface area contributed by atoms with E-state index in [0.29, 0.717) is 12.3 Å². The fourth-order valence-electron chi connectivity index (χ4n) is 2.95. The molecule has 15 heavy (non-hydrogen) atoms. The largest absolute Gasteiger partial charge is 0.481 e. The first-order valence-electron chi connectivity index (χ1n) is 5.62. The maximum atomic E-state index is 10.7. The molecule has 1 aliphatic rings. The molecule has 1 aliphatic heterocycles. The molecule has 1 unspecified atom stereocenters. The maximum absolute atomic E-state index is 10.7. The van der Waals surface area contributed by atoms with Gasteiger partial charge in [0.1, 0.15) is 0 Å². The van der Waals surface area contributed by atoms with Gasteiger partial charge in [-0.15, -0.1) is 0 Å². The number of likely N-dealkylation sites (tertiary alicyclic amines) is 1. The first-order chi connectivity index (χ1) is 6.63.